The second kappa shape index (κ2) is 9.57. The molecular weight excluding hydrogens is 380 g/mol. The van der Waals surface area contributed by atoms with Gasteiger partial charge in [0.05, 0.1) is 31.3 Å². The Kier molecular flexibility index (Phi) is 7.42. The maximum atomic E-state index is 12.5. The molecule has 152 valence electrons. The van der Waals surface area contributed by atoms with Crippen LogP contribution in [0.4, 0.5) is 5.69 Å². The number of carbonyl (C=O) groups is 1. The van der Waals surface area contributed by atoms with Gasteiger partial charge < -0.3 is 14.8 Å². The lowest BCUT2D eigenvalue weighted by Gasteiger charge is -2.18. The van der Waals surface area contributed by atoms with Gasteiger partial charge in [0.25, 0.3) is 0 Å². The summed E-state index contributed by atoms with van der Waals surface area (Å²) in [7, 11) is -0.434. The lowest BCUT2D eigenvalue weighted by molar-refractivity contribution is 0.101. The zero-order valence-electron chi connectivity index (χ0n) is 16.6. The predicted octanol–water partition coefficient (Wildman–Crippen LogP) is 3.03. The Balaban J connectivity index is 2.12. The Hall–Kier alpha value is -2.58. The number of sulfonamides is 1. The normalized spacial score (nSPS) is 11.3. The van der Waals surface area contributed by atoms with Gasteiger partial charge in [-0.3, -0.25) is 4.79 Å². The molecule has 0 saturated heterocycles. The van der Waals surface area contributed by atoms with E-state index in [1.54, 1.807) is 46.3 Å². The van der Waals surface area contributed by atoms with Gasteiger partial charge in [0, 0.05) is 24.7 Å². The molecule has 0 aromatic heterocycles. The molecule has 0 unspecified atom stereocenters. The van der Waals surface area contributed by atoms with Gasteiger partial charge in [-0.2, -0.15) is 4.31 Å². The number of carbonyl (C=O) groups excluding carboxylic acids is 1. The van der Waals surface area contributed by atoms with E-state index in [4.69, 9.17) is 9.47 Å². The van der Waals surface area contributed by atoms with Crippen LogP contribution >= 0.6 is 0 Å². The van der Waals surface area contributed by atoms with Gasteiger partial charge in [-0.05, 0) is 36.4 Å². The van der Waals surface area contributed by atoms with Gasteiger partial charge in [-0.1, -0.05) is 13.8 Å². The summed E-state index contributed by atoms with van der Waals surface area (Å²) in [5.74, 6) is 1.06. The molecule has 0 aliphatic carbocycles. The number of hydrogen-bond donors (Lipinski definition) is 1. The van der Waals surface area contributed by atoms with Crippen LogP contribution in [-0.2, 0) is 10.0 Å². The van der Waals surface area contributed by atoms with E-state index in [9.17, 15) is 13.2 Å². The highest BCUT2D eigenvalue weighted by Gasteiger charge is 2.21. The molecule has 1 N–H and O–H groups in total. The van der Waals surface area contributed by atoms with Gasteiger partial charge in [0.1, 0.15) is 11.5 Å². The first kappa shape index (κ1) is 21.7. The highest BCUT2D eigenvalue weighted by molar-refractivity contribution is 7.89. The number of nitrogens with zero attached hydrogens (tertiary/aromatic N) is 1. The first-order valence-electron chi connectivity index (χ1n) is 8.96. The third kappa shape index (κ3) is 4.82. The zero-order chi connectivity index (χ0) is 20.7. The van der Waals surface area contributed by atoms with Crippen LogP contribution in [0.1, 0.15) is 24.2 Å². The van der Waals surface area contributed by atoms with Gasteiger partial charge in [0.15, 0.2) is 5.78 Å². The minimum Gasteiger partial charge on any atom is -0.497 e. The molecule has 0 aliphatic rings. The molecule has 2 aromatic rings. The standard InChI is InChI=1S/C20H26N2O5S/c1-5-22(6-2)28(24,25)17-10-7-15(8-11-17)19(23)14-21-18-13-16(26-3)9-12-20(18)27-4/h7-13,21H,5-6,14H2,1-4H3. The number of Topliss-reactive ketones (excluding diaryl/α,β-unsaturated/α-hetero) is 1. The van der Waals surface area contributed by atoms with E-state index >= 15 is 0 Å². The van der Waals surface area contributed by atoms with E-state index < -0.39 is 10.0 Å². The van der Waals surface area contributed by atoms with Crippen LogP contribution in [0.3, 0.4) is 0 Å². The molecule has 2 aromatic carbocycles. The average Bonchev–Trinajstić information content (AvgIpc) is 2.72. The number of benzene rings is 2. The highest BCUT2D eigenvalue weighted by Crippen LogP contribution is 2.28. The summed E-state index contributed by atoms with van der Waals surface area (Å²) in [5, 5.41) is 3.04. The fraction of sp³-hybridized carbons (Fsp3) is 0.350. The summed E-state index contributed by atoms with van der Waals surface area (Å²) in [6, 6.07) is 11.2. The molecule has 8 heteroatoms. The molecule has 0 amide bonds. The number of methoxy groups -OCH3 is 2. The molecule has 0 spiro atoms. The number of nitrogens with one attached hydrogen (secondary N) is 1. The predicted molar refractivity (Wildman–Crippen MR) is 109 cm³/mol. The number of rotatable bonds is 10. The molecule has 0 fully saturated rings. The quantitative estimate of drug-likeness (QED) is 0.611. The first-order valence-corrected chi connectivity index (χ1v) is 10.4. The maximum Gasteiger partial charge on any atom is 0.243 e. The average molecular weight is 407 g/mol. The highest BCUT2D eigenvalue weighted by atomic mass is 32.2. The summed E-state index contributed by atoms with van der Waals surface area (Å²) >= 11 is 0. The molecule has 0 bridgehead atoms. The number of hydrogen-bond acceptors (Lipinski definition) is 6. The van der Waals surface area contributed by atoms with Crippen LogP contribution in [-0.4, -0.2) is 52.4 Å². The second-order valence-electron chi connectivity index (χ2n) is 5.96. The van der Waals surface area contributed by atoms with Crippen molar-refractivity contribution in [2.24, 2.45) is 0 Å². The first-order chi connectivity index (χ1) is 13.4. The van der Waals surface area contributed by atoms with Crippen molar-refractivity contribution < 1.29 is 22.7 Å². The summed E-state index contributed by atoms with van der Waals surface area (Å²) in [4.78, 5) is 12.7. The third-order valence-corrected chi connectivity index (χ3v) is 6.43. The van der Waals surface area contributed by atoms with E-state index in [0.29, 0.717) is 35.8 Å². The van der Waals surface area contributed by atoms with Gasteiger partial charge in [-0.25, -0.2) is 8.42 Å². The van der Waals surface area contributed by atoms with E-state index in [1.165, 1.54) is 28.6 Å². The monoisotopic (exact) mass is 406 g/mol. The van der Waals surface area contributed by atoms with Crippen LogP contribution < -0.4 is 14.8 Å². The minimum atomic E-state index is -3.54. The molecule has 7 nitrogen and oxygen atoms in total. The topological polar surface area (TPSA) is 84.9 Å². The van der Waals surface area contributed by atoms with Gasteiger partial charge >= 0.3 is 0 Å². The van der Waals surface area contributed by atoms with Crippen molar-refractivity contribution in [3.63, 3.8) is 0 Å². The van der Waals surface area contributed by atoms with Crippen molar-refractivity contribution in [1.82, 2.24) is 4.31 Å². The van der Waals surface area contributed by atoms with Crippen molar-refractivity contribution >= 4 is 21.5 Å². The van der Waals surface area contributed by atoms with E-state index in [-0.39, 0.29) is 17.2 Å². The minimum absolute atomic E-state index is 0.0334. The zero-order valence-corrected chi connectivity index (χ0v) is 17.4. The molecule has 28 heavy (non-hydrogen) atoms. The molecule has 0 aliphatic heterocycles. The fourth-order valence-corrected chi connectivity index (χ4v) is 4.21. The Morgan fingerprint density at radius 2 is 1.64 bits per heavy atom. The molecule has 0 atom stereocenters. The number of ether oxygens (including phenoxy) is 2. The summed E-state index contributed by atoms with van der Waals surface area (Å²) in [6.45, 7) is 4.40. The van der Waals surface area contributed by atoms with Crippen molar-refractivity contribution in [2.45, 2.75) is 18.7 Å². The van der Waals surface area contributed by atoms with Crippen LogP contribution in [0, 0.1) is 0 Å². The molecular formula is C20H26N2O5S. The van der Waals surface area contributed by atoms with Crippen LogP contribution in [0.2, 0.25) is 0 Å². The molecule has 0 heterocycles. The summed E-state index contributed by atoms with van der Waals surface area (Å²) in [6.07, 6.45) is 0. The van der Waals surface area contributed by atoms with Gasteiger partial charge in [-0.15, -0.1) is 0 Å². The fourth-order valence-electron chi connectivity index (χ4n) is 2.76. The van der Waals surface area contributed by atoms with Crippen LogP contribution in [0.15, 0.2) is 47.4 Å². The Morgan fingerprint density at radius 3 is 2.18 bits per heavy atom. The Labute approximate surface area is 166 Å². The van der Waals surface area contributed by atoms with Crippen molar-refractivity contribution in [2.75, 3.05) is 39.2 Å². The number of anilines is 1. The SMILES string of the molecule is CCN(CC)S(=O)(=O)c1ccc(C(=O)CNc2cc(OC)ccc2OC)cc1. The molecule has 2 rings (SSSR count). The Morgan fingerprint density at radius 1 is 1.00 bits per heavy atom. The van der Waals surface area contributed by atoms with Crippen molar-refractivity contribution in [3.8, 4) is 11.5 Å². The van der Waals surface area contributed by atoms with Crippen molar-refractivity contribution in [1.29, 1.82) is 0 Å². The summed E-state index contributed by atoms with van der Waals surface area (Å²) in [5.41, 5.74) is 1.06. The van der Waals surface area contributed by atoms with E-state index in [1.807, 2.05) is 0 Å². The van der Waals surface area contributed by atoms with Crippen LogP contribution in [0.5, 0.6) is 11.5 Å². The molecule has 0 radical (unpaired) electrons. The lowest BCUT2D eigenvalue weighted by atomic mass is 10.1. The maximum absolute atomic E-state index is 12.5. The third-order valence-electron chi connectivity index (χ3n) is 4.37. The second-order valence-corrected chi connectivity index (χ2v) is 7.89. The smallest absolute Gasteiger partial charge is 0.243 e. The van der Waals surface area contributed by atoms with Crippen molar-refractivity contribution in [3.05, 3.63) is 48.0 Å². The Bertz CT molecular complexity index is 907. The van der Waals surface area contributed by atoms with E-state index in [2.05, 4.69) is 5.32 Å². The number of ketones is 1. The lowest BCUT2D eigenvalue weighted by Crippen LogP contribution is -2.30. The summed E-state index contributed by atoms with van der Waals surface area (Å²) < 4.78 is 36.9. The van der Waals surface area contributed by atoms with E-state index in [0.717, 1.165) is 0 Å². The van der Waals surface area contributed by atoms with Crippen LogP contribution in [0.25, 0.3) is 0 Å². The largest absolute Gasteiger partial charge is 0.497 e. The molecule has 0 saturated carbocycles. The van der Waals surface area contributed by atoms with Gasteiger partial charge in [0.2, 0.25) is 10.0 Å².